The van der Waals surface area contributed by atoms with Crippen LogP contribution in [0, 0.1) is 11.3 Å². The molecule has 1 amide bonds. The van der Waals surface area contributed by atoms with Crippen LogP contribution in [0.1, 0.15) is 66.2 Å². The maximum atomic E-state index is 11.4. The summed E-state index contributed by atoms with van der Waals surface area (Å²) in [6, 6.07) is 0. The van der Waals surface area contributed by atoms with E-state index >= 15 is 0 Å². The average Bonchev–Trinajstić information content (AvgIpc) is 2.35. The van der Waals surface area contributed by atoms with Gasteiger partial charge < -0.3 is 15.8 Å². The second-order valence-corrected chi connectivity index (χ2v) is 7.81. The van der Waals surface area contributed by atoms with Crippen LogP contribution in [0.5, 0.6) is 0 Å². The normalized spacial score (nSPS) is 28.0. The molecule has 0 heterocycles. The average molecular weight is 298 g/mol. The summed E-state index contributed by atoms with van der Waals surface area (Å²) in [5.74, 6) is 0.468. The predicted molar refractivity (Wildman–Crippen MR) is 87.0 cm³/mol. The number of likely N-dealkylation sites (N-methyl/N-ethyl adjacent to an activating group) is 1. The second kappa shape index (κ2) is 7.59. The lowest BCUT2D eigenvalue weighted by atomic mass is 9.71. The first-order chi connectivity index (χ1) is 9.68. The van der Waals surface area contributed by atoms with E-state index < -0.39 is 5.54 Å². The number of rotatable bonds is 8. The first kappa shape index (κ1) is 18.4. The van der Waals surface area contributed by atoms with E-state index in [2.05, 4.69) is 26.1 Å². The van der Waals surface area contributed by atoms with Crippen molar-refractivity contribution in [3.05, 3.63) is 0 Å². The van der Waals surface area contributed by atoms with Crippen LogP contribution in [0.2, 0.25) is 0 Å². The van der Waals surface area contributed by atoms with Crippen LogP contribution in [0.15, 0.2) is 0 Å². The predicted octanol–water partition coefficient (Wildman–Crippen LogP) is 2.85. The van der Waals surface area contributed by atoms with Gasteiger partial charge in [-0.15, -0.1) is 0 Å². The van der Waals surface area contributed by atoms with Gasteiger partial charge in [0.05, 0.1) is 11.6 Å². The number of unbranched alkanes of at least 4 members (excludes halogenated alkanes) is 1. The Morgan fingerprint density at radius 2 is 2.05 bits per heavy atom. The number of carbonyl (C=O) groups excluding carboxylic acids is 1. The Balaban J connectivity index is 2.24. The molecule has 3 N–H and O–H groups in total. The molecular formula is C17H34N2O2. The summed E-state index contributed by atoms with van der Waals surface area (Å²) in [5.41, 5.74) is 5.23. The zero-order valence-corrected chi connectivity index (χ0v) is 14.5. The van der Waals surface area contributed by atoms with Crippen molar-refractivity contribution in [1.82, 2.24) is 5.32 Å². The number of hydrogen-bond acceptors (Lipinski definition) is 3. The molecule has 0 bridgehead atoms. The lowest BCUT2D eigenvalue weighted by Crippen LogP contribution is -2.51. The lowest BCUT2D eigenvalue weighted by molar-refractivity contribution is -0.124. The molecule has 0 aromatic rings. The maximum Gasteiger partial charge on any atom is 0.237 e. The van der Waals surface area contributed by atoms with Crippen molar-refractivity contribution in [2.24, 2.45) is 17.1 Å². The molecule has 21 heavy (non-hydrogen) atoms. The van der Waals surface area contributed by atoms with Crippen molar-refractivity contribution in [2.45, 2.75) is 77.9 Å². The lowest BCUT2D eigenvalue weighted by Gasteiger charge is -2.38. The number of primary amides is 1. The van der Waals surface area contributed by atoms with Gasteiger partial charge in [-0.05, 0) is 63.8 Å². The number of nitrogens with one attached hydrogen (secondary N) is 1. The molecule has 3 unspecified atom stereocenters. The molecule has 1 aliphatic rings. The zero-order chi connectivity index (χ0) is 16.1. The molecule has 0 spiro atoms. The Labute approximate surface area is 130 Å². The van der Waals surface area contributed by atoms with Gasteiger partial charge in [-0.1, -0.05) is 20.8 Å². The SMILES string of the molecule is CNC(C)(CCCCOC1CC(C)CC(C)(C)C1)C(N)=O. The minimum absolute atomic E-state index is 0.284. The van der Waals surface area contributed by atoms with E-state index in [4.69, 9.17) is 10.5 Å². The summed E-state index contributed by atoms with van der Waals surface area (Å²) < 4.78 is 6.06. The molecule has 1 saturated carbocycles. The van der Waals surface area contributed by atoms with Crippen LogP contribution < -0.4 is 11.1 Å². The number of carbonyl (C=O) groups is 1. The Morgan fingerprint density at radius 3 is 2.57 bits per heavy atom. The highest BCUT2D eigenvalue weighted by atomic mass is 16.5. The Morgan fingerprint density at radius 1 is 1.38 bits per heavy atom. The molecule has 0 radical (unpaired) electrons. The van der Waals surface area contributed by atoms with Crippen molar-refractivity contribution in [3.8, 4) is 0 Å². The van der Waals surface area contributed by atoms with Crippen LogP contribution in [0.4, 0.5) is 0 Å². The summed E-state index contributed by atoms with van der Waals surface area (Å²) in [5, 5.41) is 3.02. The number of hydrogen-bond donors (Lipinski definition) is 2. The monoisotopic (exact) mass is 298 g/mol. The third-order valence-electron chi connectivity index (χ3n) is 4.87. The van der Waals surface area contributed by atoms with Crippen molar-refractivity contribution in [2.75, 3.05) is 13.7 Å². The first-order valence-corrected chi connectivity index (χ1v) is 8.29. The summed E-state index contributed by atoms with van der Waals surface area (Å²) in [6.07, 6.45) is 6.73. The molecule has 0 aliphatic heterocycles. The second-order valence-electron chi connectivity index (χ2n) is 7.81. The van der Waals surface area contributed by atoms with Gasteiger partial charge in [-0.25, -0.2) is 0 Å². The van der Waals surface area contributed by atoms with E-state index in [-0.39, 0.29) is 5.91 Å². The van der Waals surface area contributed by atoms with Crippen molar-refractivity contribution in [1.29, 1.82) is 0 Å². The Hall–Kier alpha value is -0.610. The third-order valence-corrected chi connectivity index (χ3v) is 4.87. The molecule has 1 aliphatic carbocycles. The van der Waals surface area contributed by atoms with Gasteiger partial charge in [0.15, 0.2) is 0 Å². The van der Waals surface area contributed by atoms with Gasteiger partial charge >= 0.3 is 0 Å². The molecule has 1 rings (SSSR count). The van der Waals surface area contributed by atoms with Crippen LogP contribution in [0.25, 0.3) is 0 Å². The van der Waals surface area contributed by atoms with E-state index in [1.54, 1.807) is 7.05 Å². The van der Waals surface area contributed by atoms with Gasteiger partial charge in [0.25, 0.3) is 0 Å². The van der Waals surface area contributed by atoms with Gasteiger partial charge in [-0.2, -0.15) is 0 Å². The molecular weight excluding hydrogens is 264 g/mol. The van der Waals surface area contributed by atoms with Crippen LogP contribution in [0.3, 0.4) is 0 Å². The fraction of sp³-hybridized carbons (Fsp3) is 0.941. The minimum Gasteiger partial charge on any atom is -0.378 e. The Kier molecular flexibility index (Phi) is 6.67. The van der Waals surface area contributed by atoms with E-state index in [0.29, 0.717) is 11.5 Å². The molecule has 0 saturated heterocycles. The smallest absolute Gasteiger partial charge is 0.237 e. The van der Waals surface area contributed by atoms with E-state index in [1.165, 1.54) is 12.8 Å². The quantitative estimate of drug-likeness (QED) is 0.677. The number of amides is 1. The van der Waals surface area contributed by atoms with Crippen LogP contribution in [-0.4, -0.2) is 31.2 Å². The highest BCUT2D eigenvalue weighted by Crippen LogP contribution is 2.39. The zero-order valence-electron chi connectivity index (χ0n) is 14.5. The summed E-state index contributed by atoms with van der Waals surface area (Å²) >= 11 is 0. The summed E-state index contributed by atoms with van der Waals surface area (Å²) in [4.78, 5) is 11.4. The summed E-state index contributed by atoms with van der Waals surface area (Å²) in [7, 11) is 1.78. The van der Waals surface area contributed by atoms with Gasteiger partial charge in [0, 0.05) is 6.61 Å². The highest BCUT2D eigenvalue weighted by Gasteiger charge is 2.32. The van der Waals surface area contributed by atoms with Gasteiger partial charge in [0.2, 0.25) is 5.91 Å². The van der Waals surface area contributed by atoms with Gasteiger partial charge in [-0.3, -0.25) is 4.79 Å². The fourth-order valence-electron chi connectivity index (χ4n) is 3.59. The molecule has 4 heteroatoms. The molecule has 3 atom stereocenters. The molecule has 0 aromatic carbocycles. The molecule has 4 nitrogen and oxygen atoms in total. The van der Waals surface area contributed by atoms with E-state index in [0.717, 1.165) is 38.2 Å². The van der Waals surface area contributed by atoms with Gasteiger partial charge in [0.1, 0.15) is 0 Å². The molecule has 0 aromatic heterocycles. The fourth-order valence-corrected chi connectivity index (χ4v) is 3.59. The third kappa shape index (κ3) is 5.95. The number of nitrogens with two attached hydrogens (primary N) is 1. The van der Waals surface area contributed by atoms with Crippen molar-refractivity contribution < 1.29 is 9.53 Å². The Bertz CT molecular complexity index is 344. The van der Waals surface area contributed by atoms with Crippen LogP contribution >= 0.6 is 0 Å². The standard InChI is InChI=1S/C17H34N2O2/c1-13-10-14(12-16(2,3)11-13)21-9-7-6-8-17(4,19-5)15(18)20/h13-14,19H,6-12H2,1-5H3,(H2,18,20). The minimum atomic E-state index is -0.596. The van der Waals surface area contributed by atoms with E-state index in [1.807, 2.05) is 6.92 Å². The van der Waals surface area contributed by atoms with Crippen molar-refractivity contribution >= 4 is 5.91 Å². The largest absolute Gasteiger partial charge is 0.378 e. The maximum absolute atomic E-state index is 11.4. The first-order valence-electron chi connectivity index (χ1n) is 8.29. The summed E-state index contributed by atoms with van der Waals surface area (Å²) in [6.45, 7) is 9.64. The number of ether oxygens (including phenoxy) is 1. The highest BCUT2D eigenvalue weighted by molar-refractivity contribution is 5.84. The molecule has 124 valence electrons. The van der Waals surface area contributed by atoms with Crippen LogP contribution in [-0.2, 0) is 9.53 Å². The topological polar surface area (TPSA) is 64.3 Å². The molecule has 1 fully saturated rings. The van der Waals surface area contributed by atoms with E-state index in [9.17, 15) is 4.79 Å². The van der Waals surface area contributed by atoms with Crippen molar-refractivity contribution in [3.63, 3.8) is 0 Å².